The van der Waals surface area contributed by atoms with Crippen LogP contribution in [0.4, 0.5) is 0 Å². The molecule has 1 aromatic carbocycles. The molecule has 0 aliphatic carbocycles. The van der Waals surface area contributed by atoms with Crippen LogP contribution in [-0.4, -0.2) is 30.2 Å². The van der Waals surface area contributed by atoms with Crippen LogP contribution >= 0.6 is 0 Å². The smallest absolute Gasteiger partial charge is 0.243 e. The van der Waals surface area contributed by atoms with Crippen molar-refractivity contribution in [2.45, 2.75) is 39.3 Å². The molecule has 1 atom stereocenters. The molecule has 25 heavy (non-hydrogen) atoms. The molecule has 0 radical (unpaired) electrons. The first-order valence-electron chi connectivity index (χ1n) is 8.31. The van der Waals surface area contributed by atoms with Crippen molar-refractivity contribution in [2.24, 2.45) is 0 Å². The van der Waals surface area contributed by atoms with Gasteiger partial charge in [0, 0.05) is 24.9 Å². The van der Waals surface area contributed by atoms with E-state index < -0.39 is 0 Å². The standard InChI is InChI=1S/C18H22N6O/c1-13(2)17-20-8-9-23(17)14(3)18(25)21-10-15-6-4-5-7-16(15)24-12-19-11-22-24/h4-9,11-14H,10H2,1-3H3,(H,21,25)/t14-/m1/s1. The van der Waals surface area contributed by atoms with Crippen molar-refractivity contribution in [3.8, 4) is 5.69 Å². The summed E-state index contributed by atoms with van der Waals surface area (Å²) < 4.78 is 3.61. The minimum Gasteiger partial charge on any atom is -0.350 e. The second-order valence-electron chi connectivity index (χ2n) is 6.21. The number of hydrogen-bond donors (Lipinski definition) is 1. The Bertz CT molecular complexity index is 837. The minimum atomic E-state index is -0.321. The average molecular weight is 338 g/mol. The number of benzene rings is 1. The van der Waals surface area contributed by atoms with E-state index in [4.69, 9.17) is 0 Å². The molecule has 7 nitrogen and oxygen atoms in total. The fourth-order valence-corrected chi connectivity index (χ4v) is 2.77. The monoisotopic (exact) mass is 338 g/mol. The van der Waals surface area contributed by atoms with Crippen molar-refractivity contribution in [1.82, 2.24) is 29.6 Å². The number of carbonyl (C=O) groups is 1. The van der Waals surface area contributed by atoms with Crippen molar-refractivity contribution in [1.29, 1.82) is 0 Å². The number of imidazole rings is 1. The molecular weight excluding hydrogens is 316 g/mol. The minimum absolute atomic E-state index is 0.0479. The molecule has 0 unspecified atom stereocenters. The summed E-state index contributed by atoms with van der Waals surface area (Å²) >= 11 is 0. The summed E-state index contributed by atoms with van der Waals surface area (Å²) in [6.45, 7) is 6.44. The van der Waals surface area contributed by atoms with E-state index in [1.165, 1.54) is 6.33 Å². The van der Waals surface area contributed by atoms with Gasteiger partial charge in [-0.2, -0.15) is 5.10 Å². The first-order chi connectivity index (χ1) is 12.1. The highest BCUT2D eigenvalue weighted by atomic mass is 16.2. The van der Waals surface area contributed by atoms with Crippen LogP contribution in [0.25, 0.3) is 5.69 Å². The molecule has 0 spiro atoms. The van der Waals surface area contributed by atoms with Crippen LogP contribution in [0.15, 0.2) is 49.3 Å². The fourth-order valence-electron chi connectivity index (χ4n) is 2.77. The average Bonchev–Trinajstić information content (AvgIpc) is 3.30. The van der Waals surface area contributed by atoms with Crippen LogP contribution < -0.4 is 5.32 Å². The molecule has 3 aromatic rings. The molecular formula is C18H22N6O. The summed E-state index contributed by atoms with van der Waals surface area (Å²) in [7, 11) is 0. The summed E-state index contributed by atoms with van der Waals surface area (Å²) in [4.78, 5) is 20.9. The van der Waals surface area contributed by atoms with Gasteiger partial charge in [0.05, 0.1) is 5.69 Å². The summed E-state index contributed by atoms with van der Waals surface area (Å²) in [6, 6.07) is 7.48. The van der Waals surface area contributed by atoms with Crippen LogP contribution in [0, 0.1) is 0 Å². The lowest BCUT2D eigenvalue weighted by Gasteiger charge is -2.18. The van der Waals surface area contributed by atoms with E-state index in [0.29, 0.717) is 6.54 Å². The van der Waals surface area contributed by atoms with Gasteiger partial charge in [0.1, 0.15) is 24.5 Å². The SMILES string of the molecule is CC(C)c1nccn1[C@H](C)C(=O)NCc1ccccc1-n1cncn1. The van der Waals surface area contributed by atoms with Gasteiger partial charge in [-0.15, -0.1) is 0 Å². The van der Waals surface area contributed by atoms with Gasteiger partial charge in [0.25, 0.3) is 0 Å². The van der Waals surface area contributed by atoms with E-state index in [9.17, 15) is 4.79 Å². The van der Waals surface area contributed by atoms with Crippen LogP contribution in [-0.2, 0) is 11.3 Å². The second kappa shape index (κ2) is 7.29. The first-order valence-corrected chi connectivity index (χ1v) is 8.31. The molecule has 0 saturated heterocycles. The molecule has 2 heterocycles. The maximum absolute atomic E-state index is 12.6. The van der Waals surface area contributed by atoms with Gasteiger partial charge >= 0.3 is 0 Å². The van der Waals surface area contributed by atoms with Crippen LogP contribution in [0.5, 0.6) is 0 Å². The first kappa shape index (κ1) is 16.9. The highest BCUT2D eigenvalue weighted by molar-refractivity contribution is 5.80. The maximum atomic E-state index is 12.6. The largest absolute Gasteiger partial charge is 0.350 e. The lowest BCUT2D eigenvalue weighted by molar-refractivity contribution is -0.124. The third-order valence-corrected chi connectivity index (χ3v) is 4.12. The maximum Gasteiger partial charge on any atom is 0.243 e. The topological polar surface area (TPSA) is 77.6 Å². The van der Waals surface area contributed by atoms with Gasteiger partial charge < -0.3 is 9.88 Å². The van der Waals surface area contributed by atoms with E-state index >= 15 is 0 Å². The van der Waals surface area contributed by atoms with Gasteiger partial charge in [-0.25, -0.2) is 14.6 Å². The Kier molecular flexibility index (Phi) is 4.92. The van der Waals surface area contributed by atoms with Crippen molar-refractivity contribution in [2.75, 3.05) is 0 Å². The van der Waals surface area contributed by atoms with Crippen molar-refractivity contribution >= 4 is 5.91 Å². The summed E-state index contributed by atoms with van der Waals surface area (Å²) in [5.41, 5.74) is 1.88. The number of hydrogen-bond acceptors (Lipinski definition) is 4. The number of aromatic nitrogens is 5. The van der Waals surface area contributed by atoms with Crippen molar-refractivity contribution in [3.63, 3.8) is 0 Å². The molecule has 3 rings (SSSR count). The molecule has 130 valence electrons. The van der Waals surface area contributed by atoms with Crippen molar-refractivity contribution < 1.29 is 4.79 Å². The van der Waals surface area contributed by atoms with Crippen LogP contribution in [0.3, 0.4) is 0 Å². The third-order valence-electron chi connectivity index (χ3n) is 4.12. The number of carbonyl (C=O) groups excluding carboxylic acids is 1. The molecule has 1 N–H and O–H groups in total. The normalized spacial score (nSPS) is 12.3. The third kappa shape index (κ3) is 3.60. The van der Waals surface area contributed by atoms with E-state index in [1.807, 2.05) is 42.0 Å². The molecule has 0 aliphatic rings. The van der Waals surface area contributed by atoms with Gasteiger partial charge in [-0.3, -0.25) is 4.79 Å². The predicted octanol–water partition coefficient (Wildman–Crippen LogP) is 2.46. The van der Waals surface area contributed by atoms with E-state index in [0.717, 1.165) is 17.1 Å². The molecule has 2 aromatic heterocycles. The summed E-state index contributed by atoms with van der Waals surface area (Å²) in [6.07, 6.45) is 6.72. The molecule has 0 fully saturated rings. The summed E-state index contributed by atoms with van der Waals surface area (Å²) in [5.74, 6) is 1.12. The Morgan fingerprint density at radius 3 is 2.76 bits per heavy atom. The number of nitrogens with one attached hydrogen (secondary N) is 1. The van der Waals surface area contributed by atoms with Gasteiger partial charge in [-0.05, 0) is 18.6 Å². The Morgan fingerprint density at radius 1 is 1.24 bits per heavy atom. The quantitative estimate of drug-likeness (QED) is 0.749. The highest BCUT2D eigenvalue weighted by Gasteiger charge is 2.19. The predicted molar refractivity (Wildman–Crippen MR) is 94.2 cm³/mol. The highest BCUT2D eigenvalue weighted by Crippen LogP contribution is 2.18. The Balaban J connectivity index is 1.72. The Morgan fingerprint density at radius 2 is 2.04 bits per heavy atom. The number of amides is 1. The molecule has 7 heteroatoms. The molecule has 0 saturated carbocycles. The van der Waals surface area contributed by atoms with E-state index in [1.54, 1.807) is 17.2 Å². The Labute approximate surface area is 146 Å². The van der Waals surface area contributed by atoms with Gasteiger partial charge in [0.2, 0.25) is 5.91 Å². The zero-order valence-electron chi connectivity index (χ0n) is 14.6. The number of nitrogens with zero attached hydrogens (tertiary/aromatic N) is 5. The van der Waals surface area contributed by atoms with Crippen molar-refractivity contribution in [3.05, 3.63) is 60.7 Å². The Hall–Kier alpha value is -2.96. The zero-order valence-corrected chi connectivity index (χ0v) is 14.6. The summed E-state index contributed by atoms with van der Waals surface area (Å²) in [5, 5.41) is 7.17. The van der Waals surface area contributed by atoms with Gasteiger partial charge in [-0.1, -0.05) is 32.0 Å². The molecule has 0 bridgehead atoms. The molecule has 0 aliphatic heterocycles. The lowest BCUT2D eigenvalue weighted by atomic mass is 10.1. The number of rotatable bonds is 6. The fraction of sp³-hybridized carbons (Fsp3) is 0.333. The number of para-hydroxylation sites is 1. The van der Waals surface area contributed by atoms with E-state index in [2.05, 4.69) is 34.2 Å². The van der Waals surface area contributed by atoms with Crippen LogP contribution in [0.2, 0.25) is 0 Å². The van der Waals surface area contributed by atoms with E-state index in [-0.39, 0.29) is 17.9 Å². The second-order valence-corrected chi connectivity index (χ2v) is 6.21. The lowest BCUT2D eigenvalue weighted by Crippen LogP contribution is -2.31. The zero-order chi connectivity index (χ0) is 17.8. The van der Waals surface area contributed by atoms with Crippen LogP contribution in [0.1, 0.15) is 44.1 Å². The van der Waals surface area contributed by atoms with Gasteiger partial charge in [0.15, 0.2) is 0 Å². The molecule has 1 amide bonds.